The van der Waals surface area contributed by atoms with Crippen molar-refractivity contribution in [2.75, 3.05) is 11.1 Å². The van der Waals surface area contributed by atoms with E-state index in [0.29, 0.717) is 5.69 Å². The first-order valence-corrected chi connectivity index (χ1v) is 5.32. The Morgan fingerprint density at radius 2 is 2.12 bits per heavy atom. The van der Waals surface area contributed by atoms with Gasteiger partial charge in [-0.25, -0.2) is 0 Å². The van der Waals surface area contributed by atoms with Gasteiger partial charge < -0.3 is 11.1 Å². The fourth-order valence-electron chi connectivity index (χ4n) is 1.99. The zero-order valence-electron chi connectivity index (χ0n) is 9.19. The van der Waals surface area contributed by atoms with E-state index < -0.39 is 4.92 Å². The van der Waals surface area contributed by atoms with E-state index in [1.165, 1.54) is 18.6 Å². The number of rotatable bonds is 3. The zero-order valence-corrected chi connectivity index (χ0v) is 9.19. The Labute approximate surface area is 93.8 Å². The van der Waals surface area contributed by atoms with E-state index in [1.807, 2.05) is 0 Å². The second-order valence-electron chi connectivity index (χ2n) is 4.61. The van der Waals surface area contributed by atoms with Gasteiger partial charge in [0, 0.05) is 29.0 Å². The minimum absolute atomic E-state index is 0.0328. The maximum Gasteiger partial charge on any atom is 0.273 e. The molecule has 16 heavy (non-hydrogen) atoms. The van der Waals surface area contributed by atoms with Gasteiger partial charge in [-0.15, -0.1) is 0 Å². The van der Waals surface area contributed by atoms with E-state index in [0.717, 1.165) is 18.5 Å². The molecule has 1 aliphatic carbocycles. The second-order valence-corrected chi connectivity index (χ2v) is 4.61. The quantitative estimate of drug-likeness (QED) is 0.467. The van der Waals surface area contributed by atoms with E-state index >= 15 is 0 Å². The van der Waals surface area contributed by atoms with Crippen LogP contribution >= 0.6 is 0 Å². The van der Waals surface area contributed by atoms with Crippen molar-refractivity contribution in [3.8, 4) is 0 Å². The molecule has 1 fully saturated rings. The number of nitro groups is 1. The summed E-state index contributed by atoms with van der Waals surface area (Å²) in [6.07, 6.45) is 3.39. The van der Waals surface area contributed by atoms with Gasteiger partial charge >= 0.3 is 0 Å². The first-order valence-electron chi connectivity index (χ1n) is 5.32. The molecule has 5 nitrogen and oxygen atoms in total. The molecule has 0 atom stereocenters. The molecule has 0 aromatic heterocycles. The first kappa shape index (κ1) is 10.7. The minimum Gasteiger partial charge on any atom is -0.398 e. The maximum atomic E-state index is 10.7. The predicted molar refractivity (Wildman–Crippen MR) is 63.4 cm³/mol. The molecule has 0 unspecified atom stereocenters. The van der Waals surface area contributed by atoms with Crippen LogP contribution in [-0.4, -0.2) is 10.5 Å². The summed E-state index contributed by atoms with van der Waals surface area (Å²) in [4.78, 5) is 10.3. The third-order valence-electron chi connectivity index (χ3n) is 3.05. The van der Waals surface area contributed by atoms with Crippen LogP contribution in [0.2, 0.25) is 0 Å². The molecule has 0 bridgehead atoms. The van der Waals surface area contributed by atoms with Gasteiger partial charge in [0.15, 0.2) is 0 Å². The van der Waals surface area contributed by atoms with Crippen molar-refractivity contribution in [3.63, 3.8) is 0 Å². The standard InChI is InChI=1S/C11H15N3O2/c1-11(3-2-4-11)13-9-5-8(12)6-10(7-9)14(15)16/h5-7,13H,2-4,12H2,1H3. The van der Waals surface area contributed by atoms with Crippen molar-refractivity contribution in [3.05, 3.63) is 28.3 Å². The maximum absolute atomic E-state index is 10.7. The summed E-state index contributed by atoms with van der Waals surface area (Å²) in [7, 11) is 0. The molecule has 0 aliphatic heterocycles. The normalized spacial score (nSPS) is 17.6. The van der Waals surface area contributed by atoms with Gasteiger partial charge in [0.25, 0.3) is 5.69 Å². The van der Waals surface area contributed by atoms with Crippen LogP contribution in [0.1, 0.15) is 26.2 Å². The molecule has 2 rings (SSSR count). The van der Waals surface area contributed by atoms with E-state index in [9.17, 15) is 10.1 Å². The molecule has 1 aromatic carbocycles. The van der Waals surface area contributed by atoms with E-state index in [4.69, 9.17) is 5.73 Å². The fraction of sp³-hybridized carbons (Fsp3) is 0.455. The van der Waals surface area contributed by atoms with Crippen LogP contribution in [0.25, 0.3) is 0 Å². The van der Waals surface area contributed by atoms with Crippen molar-refractivity contribution in [2.45, 2.75) is 31.7 Å². The summed E-state index contributed by atoms with van der Waals surface area (Å²) in [5, 5.41) is 14.0. The van der Waals surface area contributed by atoms with Gasteiger partial charge in [0.2, 0.25) is 0 Å². The average molecular weight is 221 g/mol. The van der Waals surface area contributed by atoms with E-state index in [1.54, 1.807) is 6.07 Å². The van der Waals surface area contributed by atoms with Gasteiger partial charge in [-0.2, -0.15) is 0 Å². The number of hydrogen-bond donors (Lipinski definition) is 2. The summed E-state index contributed by atoms with van der Waals surface area (Å²) in [6.45, 7) is 2.12. The number of nitrogens with zero attached hydrogens (tertiary/aromatic N) is 1. The van der Waals surface area contributed by atoms with Crippen molar-refractivity contribution < 1.29 is 4.92 Å². The molecule has 5 heteroatoms. The molecule has 0 saturated heterocycles. The van der Waals surface area contributed by atoms with Crippen LogP contribution in [0.5, 0.6) is 0 Å². The number of nitro benzene ring substituents is 1. The highest BCUT2D eigenvalue weighted by atomic mass is 16.6. The molecule has 0 spiro atoms. The van der Waals surface area contributed by atoms with Gasteiger partial charge in [-0.3, -0.25) is 10.1 Å². The lowest BCUT2D eigenvalue weighted by Crippen LogP contribution is -2.41. The number of nitrogen functional groups attached to an aromatic ring is 1. The van der Waals surface area contributed by atoms with Crippen LogP contribution in [0.4, 0.5) is 17.1 Å². The first-order chi connectivity index (χ1) is 7.48. The average Bonchev–Trinajstić information content (AvgIpc) is 2.14. The third kappa shape index (κ3) is 2.08. The Balaban J connectivity index is 2.23. The molecule has 3 N–H and O–H groups in total. The van der Waals surface area contributed by atoms with Crippen LogP contribution in [0, 0.1) is 10.1 Å². The van der Waals surface area contributed by atoms with Crippen LogP contribution in [0.3, 0.4) is 0 Å². The number of benzene rings is 1. The Morgan fingerprint density at radius 1 is 1.44 bits per heavy atom. The van der Waals surface area contributed by atoms with E-state index in [2.05, 4.69) is 12.2 Å². The monoisotopic (exact) mass is 221 g/mol. The molecule has 1 saturated carbocycles. The van der Waals surface area contributed by atoms with Gasteiger partial charge in [0.05, 0.1) is 4.92 Å². The highest BCUT2D eigenvalue weighted by Crippen LogP contribution is 2.35. The molecule has 86 valence electrons. The summed E-state index contributed by atoms with van der Waals surface area (Å²) in [5.41, 5.74) is 6.88. The summed E-state index contributed by atoms with van der Waals surface area (Å²) >= 11 is 0. The van der Waals surface area contributed by atoms with Gasteiger partial charge in [-0.1, -0.05) is 0 Å². The largest absolute Gasteiger partial charge is 0.398 e. The van der Waals surface area contributed by atoms with Crippen LogP contribution in [-0.2, 0) is 0 Å². The van der Waals surface area contributed by atoms with Gasteiger partial charge in [-0.05, 0) is 32.3 Å². The topological polar surface area (TPSA) is 81.2 Å². The zero-order chi connectivity index (χ0) is 11.8. The highest BCUT2D eigenvalue weighted by molar-refractivity contribution is 5.62. The van der Waals surface area contributed by atoms with Crippen molar-refractivity contribution in [2.24, 2.45) is 0 Å². The molecule has 0 amide bonds. The predicted octanol–water partition coefficient (Wildman–Crippen LogP) is 2.53. The van der Waals surface area contributed by atoms with Crippen molar-refractivity contribution in [1.29, 1.82) is 0 Å². The Morgan fingerprint density at radius 3 is 2.62 bits per heavy atom. The van der Waals surface area contributed by atoms with Crippen molar-refractivity contribution >= 4 is 17.1 Å². The van der Waals surface area contributed by atoms with Crippen LogP contribution < -0.4 is 11.1 Å². The lowest BCUT2D eigenvalue weighted by atomic mass is 9.78. The number of anilines is 2. The molecular weight excluding hydrogens is 206 g/mol. The Kier molecular flexibility index (Phi) is 2.46. The van der Waals surface area contributed by atoms with Crippen LogP contribution in [0.15, 0.2) is 18.2 Å². The van der Waals surface area contributed by atoms with Gasteiger partial charge in [0.1, 0.15) is 0 Å². The SMILES string of the molecule is CC1(Nc2cc(N)cc([N+](=O)[O-])c2)CCC1. The summed E-state index contributed by atoms with van der Waals surface area (Å²) < 4.78 is 0. The van der Waals surface area contributed by atoms with E-state index in [-0.39, 0.29) is 11.2 Å². The molecule has 1 aromatic rings. The highest BCUT2D eigenvalue weighted by Gasteiger charge is 2.31. The molecular formula is C11H15N3O2. The number of nitrogens with one attached hydrogen (secondary N) is 1. The smallest absolute Gasteiger partial charge is 0.273 e. The molecule has 1 aliphatic rings. The second kappa shape index (κ2) is 3.66. The Hall–Kier alpha value is -1.78. The molecule has 0 heterocycles. The lowest BCUT2D eigenvalue weighted by molar-refractivity contribution is -0.384. The fourth-order valence-corrected chi connectivity index (χ4v) is 1.99. The lowest BCUT2D eigenvalue weighted by Gasteiger charge is -2.40. The van der Waals surface area contributed by atoms with Crippen molar-refractivity contribution in [1.82, 2.24) is 0 Å². The number of hydrogen-bond acceptors (Lipinski definition) is 4. The number of nitrogens with two attached hydrogens (primary N) is 1. The summed E-state index contributed by atoms with van der Waals surface area (Å²) in [6, 6.07) is 4.63. The minimum atomic E-state index is -0.426. The number of non-ortho nitro benzene ring substituents is 1. The third-order valence-corrected chi connectivity index (χ3v) is 3.05. The molecule has 0 radical (unpaired) electrons. The Bertz CT molecular complexity index is 427. The summed E-state index contributed by atoms with van der Waals surface area (Å²) in [5.74, 6) is 0.